The zero-order chi connectivity index (χ0) is 92.9. The minimum atomic E-state index is -6.78. The molecule has 0 aliphatic rings. The summed E-state index contributed by atoms with van der Waals surface area (Å²) in [5.41, 5.74) is -1.59. The first kappa shape index (κ1) is 32.0. The van der Waals surface area contributed by atoms with E-state index in [2.05, 4.69) is 27.1 Å². The summed E-state index contributed by atoms with van der Waals surface area (Å²) in [7, 11) is -13.4. The highest BCUT2D eigenvalue weighted by molar-refractivity contribution is 7.21. The average Bonchev–Trinajstić information content (AvgIpc) is 1.61. The summed E-state index contributed by atoms with van der Waals surface area (Å²) in [4.78, 5) is 4.84. The number of ether oxygens (including phenoxy) is 1. The van der Waals surface area contributed by atoms with Gasteiger partial charge in [-0.05, 0) is 123 Å². The molecular weight excluding hydrogens is 1160 g/mol. The van der Waals surface area contributed by atoms with Crippen molar-refractivity contribution in [2.45, 2.75) is 52.4 Å². The zero-order valence-electron chi connectivity index (χ0n) is 84.7. The summed E-state index contributed by atoms with van der Waals surface area (Å²) in [5, 5.41) is -7.03. The van der Waals surface area contributed by atoms with Crippen LogP contribution < -0.4 is 50.8 Å². The molecule has 15 aromatic rings. The van der Waals surface area contributed by atoms with Crippen LogP contribution in [0.5, 0.6) is 11.5 Å². The number of benzene rings is 12. The maximum absolute atomic E-state index is 11.5. The molecule has 0 unspecified atom stereocenters. The van der Waals surface area contributed by atoms with Crippen molar-refractivity contribution in [2.75, 3.05) is 0 Å². The lowest BCUT2D eigenvalue weighted by Gasteiger charge is -2.38. The van der Waals surface area contributed by atoms with Crippen molar-refractivity contribution in [3.63, 3.8) is 0 Å². The number of imidazole rings is 1. The third kappa shape index (κ3) is 10.3. The predicted molar refractivity (Wildman–Crippen MR) is 392 cm³/mol. The SMILES string of the molecule is [2H]c1c([2H])c([2H])c([Si](c2cc(C(C)(C)C)cc(-c3c([2H])c([2H])c([2H])c([Si](c4c([2H])c([2H])c([2H])c([2H])c4[2H])(c4c([2H])c([2H])c([2H])c([2H])c4[2H])c4c([2H])c([2H])c([2H])c([2H])c4[2H])c3[2H])c2-[n+]2[c-]n(-c3cccc(Oc4ccc5c6ccccc6n(-c6cc(C(C)(C)C)ccn6)c5c4)c3)c3ccccc32)(c2c([2H])c([2H])c([2H])c([2H])c2[2H])c2c([2H])c([2H])c([2H])c([2H])c2[2H])c([2H])c1[2H]. The highest BCUT2D eigenvalue weighted by Crippen LogP contribution is 2.38. The van der Waals surface area contributed by atoms with E-state index in [-0.39, 0.29) is 33.4 Å². The lowest BCUT2D eigenvalue weighted by Crippen LogP contribution is -2.76. The van der Waals surface area contributed by atoms with Crippen LogP contribution in [0.25, 0.3) is 61.2 Å². The maximum atomic E-state index is 11.5. The molecule has 0 spiro atoms. The van der Waals surface area contributed by atoms with Crippen LogP contribution in [0.2, 0.25) is 0 Å². The molecule has 0 bridgehead atoms. The van der Waals surface area contributed by atoms with Crippen LogP contribution in [-0.2, 0) is 10.8 Å². The fourth-order valence-electron chi connectivity index (χ4n) is 12.1. The molecule has 0 atom stereocenters. The molecule has 3 aromatic heterocycles. The lowest BCUT2D eigenvalue weighted by atomic mass is 9.84. The van der Waals surface area contributed by atoms with Gasteiger partial charge in [0.15, 0.2) is 16.1 Å². The van der Waals surface area contributed by atoms with E-state index in [1.54, 1.807) is 69.4 Å². The first-order chi connectivity index (χ1) is 59.5. The Hall–Kier alpha value is -10.7. The molecule has 7 heteroatoms. The number of fused-ring (bicyclic) bond motifs is 4. The zero-order valence-corrected chi connectivity index (χ0v) is 52.7. The van der Waals surface area contributed by atoms with E-state index < -0.39 is 285 Å². The Morgan fingerprint density at radius 3 is 1.51 bits per heavy atom. The Morgan fingerprint density at radius 2 is 0.935 bits per heavy atom. The molecule has 0 N–H and O–H groups in total. The summed E-state index contributed by atoms with van der Waals surface area (Å²) in [6, 6.07) is -9.94. The minimum absolute atomic E-state index is 0.0732. The topological polar surface area (TPSA) is 35.9 Å². The molecular formula is C86H72N4OSi2. The third-order valence-electron chi connectivity index (χ3n) is 16.5. The quantitative estimate of drug-likeness (QED) is 0.0471. The number of rotatable bonds is 14. The summed E-state index contributed by atoms with van der Waals surface area (Å²) in [6.45, 7) is 11.0. The van der Waals surface area contributed by atoms with Crippen molar-refractivity contribution in [3.05, 3.63) is 344 Å². The number of hydrogen-bond donors (Lipinski definition) is 0. The van der Waals surface area contributed by atoms with E-state index in [4.69, 9.17) is 17.9 Å². The van der Waals surface area contributed by atoms with Crippen molar-refractivity contribution in [1.29, 1.82) is 0 Å². The Morgan fingerprint density at radius 1 is 0.430 bits per heavy atom. The molecule has 0 aliphatic carbocycles. The van der Waals surface area contributed by atoms with E-state index in [0.29, 0.717) is 17.1 Å². The van der Waals surface area contributed by atoms with Crippen molar-refractivity contribution in [1.82, 2.24) is 14.1 Å². The summed E-state index contributed by atoms with van der Waals surface area (Å²) in [5.74, 6) is 1.11. The van der Waals surface area contributed by atoms with Gasteiger partial charge >= 0.3 is 0 Å². The molecule has 450 valence electrons. The van der Waals surface area contributed by atoms with Gasteiger partial charge in [0.2, 0.25) is 0 Å². The van der Waals surface area contributed by atoms with Crippen molar-refractivity contribution >= 4 is 90.5 Å². The molecule has 93 heavy (non-hydrogen) atoms. The van der Waals surface area contributed by atoms with Gasteiger partial charge in [0.1, 0.15) is 17.3 Å². The highest BCUT2D eigenvalue weighted by atomic mass is 28.3. The molecule has 0 saturated heterocycles. The van der Waals surface area contributed by atoms with Gasteiger partial charge < -0.3 is 4.74 Å². The summed E-state index contributed by atoms with van der Waals surface area (Å²) < 4.78 is 346. The molecule has 15 rings (SSSR count). The van der Waals surface area contributed by atoms with E-state index >= 15 is 0 Å². The number of pyridine rings is 1. The van der Waals surface area contributed by atoms with Crippen molar-refractivity contribution in [2.24, 2.45) is 0 Å². The first-order valence-corrected chi connectivity index (χ1v) is 33.5. The second-order valence-corrected chi connectivity index (χ2v) is 31.0. The fraction of sp³-hybridized carbons (Fsp3) is 0.0930. The van der Waals surface area contributed by atoms with E-state index in [0.717, 1.165) is 21.9 Å². The largest absolute Gasteiger partial charge is 0.458 e. The Bertz CT molecular complexity index is 6850. The average molecular weight is 1270 g/mol. The molecule has 0 fully saturated rings. The smallest absolute Gasteiger partial charge is 0.269 e. The molecule has 0 aliphatic heterocycles. The number of aromatic nitrogens is 4. The molecule has 0 radical (unpaired) electrons. The van der Waals surface area contributed by atoms with Crippen LogP contribution >= 0.6 is 0 Å². The Kier molecular flexibility index (Phi) is 8.21. The number of hydrogen-bond acceptors (Lipinski definition) is 2. The standard InChI is InChI=1S/C86H72N4OSi2/c1-85(2,3)63-53-54-87-83(58-63)90-78-48-26-25-47-75(78)76-52-51-67(60-81(76)90)91-66-33-30-32-65(59-66)88-61-89(80-50-28-27-49-79(80)88)84-77(62-31-29-46-74(55-62)92(68-34-13-7-14-35-68,69-36-15-8-16-37-69)70-38-17-9-18-39-70)56-64(86(4,5)6)57-82(84)93(71-40-19-10-20-41-71,72-42-21-11-22-43-72)73-44-23-12-24-45-73/h7-60H,1-6H3/i7D,8D,9D,10D,11D,12D,13D,14D,15D,16D,17D,18D,19D,20D,21D,22D,23D,24D,29D,31D,34D,35D,36D,37D,38D,39D,40D,41D,42D,43D,44D,45D,46D,55D. The van der Waals surface area contributed by atoms with Crippen molar-refractivity contribution in [3.8, 4) is 39.8 Å². The second kappa shape index (κ2) is 23.8. The predicted octanol–water partition coefficient (Wildman–Crippen LogP) is 15.0. The van der Waals surface area contributed by atoms with Gasteiger partial charge in [-0.15, -0.1) is 0 Å². The minimum Gasteiger partial charge on any atom is -0.458 e. The molecule has 0 saturated carbocycles. The van der Waals surface area contributed by atoms with Gasteiger partial charge in [0.25, 0.3) is 6.33 Å². The van der Waals surface area contributed by atoms with Gasteiger partial charge in [-0.2, -0.15) is 0 Å². The monoisotopic (exact) mass is 1270 g/mol. The first-order valence-electron chi connectivity index (χ1n) is 46.5. The van der Waals surface area contributed by atoms with Gasteiger partial charge in [-0.25, -0.2) is 4.98 Å². The van der Waals surface area contributed by atoms with Crippen LogP contribution in [0.4, 0.5) is 0 Å². The molecule has 12 aromatic carbocycles. The van der Waals surface area contributed by atoms with Gasteiger partial charge in [-0.1, -0.05) is 308 Å². The van der Waals surface area contributed by atoms with Crippen LogP contribution in [-0.4, -0.2) is 30.3 Å². The normalized spacial score (nSPS) is 17.3. The van der Waals surface area contributed by atoms with Gasteiger partial charge in [0, 0.05) is 23.0 Å². The Balaban J connectivity index is 1.20. The number of para-hydroxylation sites is 3. The fourth-order valence-corrected chi connectivity index (χ4v) is 19.7. The van der Waals surface area contributed by atoms with E-state index in [1.807, 2.05) is 53.1 Å². The van der Waals surface area contributed by atoms with Crippen LogP contribution in [0.15, 0.2) is 327 Å². The summed E-state index contributed by atoms with van der Waals surface area (Å²) in [6.07, 6.45) is 5.11. The molecule has 3 heterocycles. The third-order valence-corrected chi connectivity index (χ3v) is 24.7. The summed E-state index contributed by atoms with van der Waals surface area (Å²) >= 11 is 0. The second-order valence-electron chi connectivity index (χ2n) is 24.0. The maximum Gasteiger partial charge on any atom is 0.269 e. The lowest BCUT2D eigenvalue weighted by molar-refractivity contribution is -0.570. The van der Waals surface area contributed by atoms with E-state index in [1.165, 1.54) is 33.4 Å². The molecule has 5 nitrogen and oxygen atoms in total. The van der Waals surface area contributed by atoms with E-state index in [9.17, 15) is 38.4 Å². The van der Waals surface area contributed by atoms with Crippen LogP contribution in [0, 0.1) is 6.33 Å². The Labute approximate surface area is 595 Å². The van der Waals surface area contributed by atoms with Gasteiger partial charge in [0.05, 0.1) is 80.0 Å². The number of nitrogens with zero attached hydrogens (tertiary/aromatic N) is 4. The van der Waals surface area contributed by atoms with Crippen molar-refractivity contribution < 1.29 is 55.9 Å². The molecule has 0 amide bonds. The van der Waals surface area contributed by atoms with Gasteiger partial charge in [-0.3, -0.25) is 13.7 Å². The highest BCUT2D eigenvalue weighted by Gasteiger charge is 2.46. The van der Waals surface area contributed by atoms with Crippen LogP contribution in [0.3, 0.4) is 0 Å². The van der Waals surface area contributed by atoms with Crippen LogP contribution in [0.1, 0.15) is 99.3 Å².